The highest BCUT2D eigenvalue weighted by Gasteiger charge is 2.09. The van der Waals surface area contributed by atoms with Crippen molar-refractivity contribution in [3.63, 3.8) is 0 Å². The van der Waals surface area contributed by atoms with Crippen LogP contribution in [-0.2, 0) is 9.59 Å². The molecule has 4 nitrogen and oxygen atoms in total. The maximum atomic E-state index is 11.5. The summed E-state index contributed by atoms with van der Waals surface area (Å²) in [6, 6.07) is 7.13. The summed E-state index contributed by atoms with van der Waals surface area (Å²) in [6.45, 7) is 1.87. The third-order valence-corrected chi connectivity index (χ3v) is 2.79. The monoisotopic (exact) mass is 269 g/mol. The van der Waals surface area contributed by atoms with Crippen LogP contribution < -0.4 is 5.32 Å². The molecule has 1 unspecified atom stereocenters. The highest BCUT2D eigenvalue weighted by molar-refractivity contribution is 6.30. The molecule has 0 aliphatic rings. The lowest BCUT2D eigenvalue weighted by Crippen LogP contribution is -2.26. The van der Waals surface area contributed by atoms with E-state index in [-0.39, 0.29) is 24.8 Å². The molecule has 2 N–H and O–H groups in total. The summed E-state index contributed by atoms with van der Waals surface area (Å²) in [4.78, 5) is 21.9. The van der Waals surface area contributed by atoms with E-state index >= 15 is 0 Å². The molecule has 0 bridgehead atoms. The van der Waals surface area contributed by atoms with Crippen LogP contribution in [0.3, 0.4) is 0 Å². The van der Waals surface area contributed by atoms with Crippen molar-refractivity contribution in [3.8, 4) is 0 Å². The Hall–Kier alpha value is -1.55. The van der Waals surface area contributed by atoms with Crippen molar-refractivity contribution in [2.75, 3.05) is 0 Å². The zero-order chi connectivity index (χ0) is 13.5. The van der Waals surface area contributed by atoms with Gasteiger partial charge in [0.1, 0.15) is 0 Å². The summed E-state index contributed by atoms with van der Waals surface area (Å²) in [5, 5.41) is 11.9. The van der Waals surface area contributed by atoms with E-state index in [0.29, 0.717) is 11.4 Å². The molecular formula is C13H16ClNO3. The second-order valence-corrected chi connectivity index (χ2v) is 4.52. The Labute approximate surface area is 111 Å². The molecule has 1 rings (SSSR count). The van der Waals surface area contributed by atoms with Crippen molar-refractivity contribution in [2.45, 2.75) is 32.2 Å². The van der Waals surface area contributed by atoms with E-state index in [4.69, 9.17) is 16.7 Å². The molecule has 0 aromatic heterocycles. The summed E-state index contributed by atoms with van der Waals surface area (Å²) in [7, 11) is 0. The van der Waals surface area contributed by atoms with Crippen molar-refractivity contribution < 1.29 is 14.7 Å². The Morgan fingerprint density at radius 3 is 2.44 bits per heavy atom. The van der Waals surface area contributed by atoms with Crippen LogP contribution in [0.4, 0.5) is 0 Å². The minimum atomic E-state index is -0.881. The quantitative estimate of drug-likeness (QED) is 0.834. The number of halogens is 1. The van der Waals surface area contributed by atoms with Crippen LogP contribution in [-0.4, -0.2) is 17.0 Å². The fraction of sp³-hybridized carbons (Fsp3) is 0.385. The average molecular weight is 270 g/mol. The largest absolute Gasteiger partial charge is 0.481 e. The van der Waals surface area contributed by atoms with E-state index in [2.05, 4.69) is 5.32 Å². The lowest BCUT2D eigenvalue weighted by atomic mass is 10.1. The van der Waals surface area contributed by atoms with Gasteiger partial charge in [0.05, 0.1) is 6.04 Å². The van der Waals surface area contributed by atoms with Crippen LogP contribution in [0.15, 0.2) is 24.3 Å². The molecule has 0 saturated heterocycles. The summed E-state index contributed by atoms with van der Waals surface area (Å²) < 4.78 is 0. The number of carboxylic acids is 1. The van der Waals surface area contributed by atoms with Gasteiger partial charge < -0.3 is 10.4 Å². The molecule has 1 atom stereocenters. The summed E-state index contributed by atoms with van der Waals surface area (Å²) in [5.41, 5.74) is 0.964. The van der Waals surface area contributed by atoms with Crippen molar-refractivity contribution in [1.82, 2.24) is 5.32 Å². The van der Waals surface area contributed by atoms with Gasteiger partial charge in [-0.25, -0.2) is 0 Å². The van der Waals surface area contributed by atoms with Crippen LogP contribution in [0.1, 0.15) is 37.8 Å². The number of hydrogen-bond donors (Lipinski definition) is 2. The van der Waals surface area contributed by atoms with Gasteiger partial charge in [-0.2, -0.15) is 0 Å². The Kier molecular flexibility index (Phi) is 5.65. The van der Waals surface area contributed by atoms with Gasteiger partial charge in [-0.1, -0.05) is 23.7 Å². The number of amides is 1. The standard InChI is InChI=1S/C13H16ClNO3/c1-9(10-5-7-11(14)8-6-10)15-12(16)3-2-4-13(17)18/h5-9H,2-4H2,1H3,(H,15,16)(H,17,18). The molecule has 0 aliphatic heterocycles. The summed E-state index contributed by atoms with van der Waals surface area (Å²) in [6.07, 6.45) is 0.599. The Bertz CT molecular complexity index is 417. The fourth-order valence-electron chi connectivity index (χ4n) is 1.55. The topological polar surface area (TPSA) is 66.4 Å². The van der Waals surface area contributed by atoms with Crippen molar-refractivity contribution in [2.24, 2.45) is 0 Å². The fourth-order valence-corrected chi connectivity index (χ4v) is 1.67. The molecule has 18 heavy (non-hydrogen) atoms. The number of carboxylic acid groups (broad SMARTS) is 1. The van der Waals surface area contributed by atoms with Gasteiger partial charge in [-0.15, -0.1) is 0 Å². The lowest BCUT2D eigenvalue weighted by molar-refractivity contribution is -0.137. The van der Waals surface area contributed by atoms with E-state index in [0.717, 1.165) is 5.56 Å². The normalized spacial score (nSPS) is 11.9. The number of carbonyl (C=O) groups is 2. The molecular weight excluding hydrogens is 254 g/mol. The number of nitrogens with one attached hydrogen (secondary N) is 1. The number of rotatable bonds is 6. The van der Waals surface area contributed by atoms with Crippen LogP contribution in [0.5, 0.6) is 0 Å². The van der Waals surface area contributed by atoms with Crippen molar-refractivity contribution in [1.29, 1.82) is 0 Å². The second kappa shape index (κ2) is 7.01. The number of carbonyl (C=O) groups excluding carboxylic acids is 1. The van der Waals surface area contributed by atoms with E-state index in [1.165, 1.54) is 0 Å². The zero-order valence-corrected chi connectivity index (χ0v) is 10.9. The van der Waals surface area contributed by atoms with Crippen molar-refractivity contribution in [3.05, 3.63) is 34.9 Å². The maximum Gasteiger partial charge on any atom is 0.303 e. The first-order valence-electron chi connectivity index (χ1n) is 5.75. The molecule has 1 aromatic rings. The predicted octanol–water partition coefficient (Wildman–Crippen LogP) is 2.77. The van der Waals surface area contributed by atoms with Gasteiger partial charge in [0, 0.05) is 17.9 Å². The maximum absolute atomic E-state index is 11.5. The Balaban J connectivity index is 2.39. The van der Waals surface area contributed by atoms with Gasteiger partial charge in [-0.05, 0) is 31.0 Å². The van der Waals surface area contributed by atoms with Crippen LogP contribution in [0, 0.1) is 0 Å². The minimum Gasteiger partial charge on any atom is -0.481 e. The molecule has 0 radical (unpaired) electrons. The number of hydrogen-bond acceptors (Lipinski definition) is 2. The highest BCUT2D eigenvalue weighted by Crippen LogP contribution is 2.16. The molecule has 0 saturated carbocycles. The second-order valence-electron chi connectivity index (χ2n) is 4.09. The molecule has 0 spiro atoms. The molecule has 5 heteroatoms. The van der Waals surface area contributed by atoms with Crippen LogP contribution in [0.2, 0.25) is 5.02 Å². The predicted molar refractivity (Wildman–Crippen MR) is 69.5 cm³/mol. The van der Waals surface area contributed by atoms with E-state index in [1.54, 1.807) is 12.1 Å². The van der Waals surface area contributed by atoms with E-state index in [1.807, 2.05) is 19.1 Å². The molecule has 0 aliphatic carbocycles. The molecule has 98 valence electrons. The van der Waals surface area contributed by atoms with Gasteiger partial charge in [0.2, 0.25) is 5.91 Å². The summed E-state index contributed by atoms with van der Waals surface area (Å²) >= 11 is 5.78. The number of aliphatic carboxylic acids is 1. The van der Waals surface area contributed by atoms with Crippen LogP contribution >= 0.6 is 11.6 Å². The SMILES string of the molecule is CC(NC(=O)CCCC(=O)O)c1ccc(Cl)cc1. The average Bonchev–Trinajstić information content (AvgIpc) is 2.29. The molecule has 0 fully saturated rings. The first-order valence-corrected chi connectivity index (χ1v) is 6.13. The first kappa shape index (κ1) is 14.5. The van der Waals surface area contributed by atoms with Gasteiger partial charge in [-0.3, -0.25) is 9.59 Å². The third kappa shape index (κ3) is 5.19. The first-order chi connectivity index (χ1) is 8.49. The Morgan fingerprint density at radius 1 is 1.28 bits per heavy atom. The van der Waals surface area contributed by atoms with Gasteiger partial charge in [0.15, 0.2) is 0 Å². The van der Waals surface area contributed by atoms with Crippen LogP contribution in [0.25, 0.3) is 0 Å². The van der Waals surface area contributed by atoms with Gasteiger partial charge in [0.25, 0.3) is 0 Å². The molecule has 1 amide bonds. The smallest absolute Gasteiger partial charge is 0.303 e. The summed E-state index contributed by atoms with van der Waals surface area (Å²) in [5.74, 6) is -1.02. The van der Waals surface area contributed by atoms with E-state index in [9.17, 15) is 9.59 Å². The minimum absolute atomic E-state index is 0.0166. The molecule has 1 aromatic carbocycles. The molecule has 0 heterocycles. The third-order valence-electron chi connectivity index (χ3n) is 2.54. The lowest BCUT2D eigenvalue weighted by Gasteiger charge is -2.14. The number of benzene rings is 1. The zero-order valence-electron chi connectivity index (χ0n) is 10.1. The Morgan fingerprint density at radius 2 is 1.89 bits per heavy atom. The van der Waals surface area contributed by atoms with E-state index < -0.39 is 5.97 Å². The van der Waals surface area contributed by atoms with Gasteiger partial charge >= 0.3 is 5.97 Å². The van der Waals surface area contributed by atoms with Crippen molar-refractivity contribution >= 4 is 23.5 Å². The highest BCUT2D eigenvalue weighted by atomic mass is 35.5.